The molecule has 21 heavy (non-hydrogen) atoms. The van der Waals surface area contributed by atoms with Crippen molar-refractivity contribution in [2.45, 2.75) is 49.8 Å². The summed E-state index contributed by atoms with van der Waals surface area (Å²) in [7, 11) is 0. The summed E-state index contributed by atoms with van der Waals surface area (Å²) in [4.78, 5) is 12.5. The number of benzene rings is 1. The van der Waals surface area contributed by atoms with Crippen LogP contribution in [0.1, 0.15) is 37.4 Å². The molecule has 7 heteroatoms. The van der Waals surface area contributed by atoms with Gasteiger partial charge in [-0.25, -0.2) is 14.3 Å². The second kappa shape index (κ2) is 6.44. The first kappa shape index (κ1) is 15.8. The Morgan fingerprint density at radius 1 is 1.52 bits per heavy atom. The van der Waals surface area contributed by atoms with Crippen LogP contribution in [0.15, 0.2) is 27.0 Å². The summed E-state index contributed by atoms with van der Waals surface area (Å²) < 4.78 is 15.3. The number of nitrogens with zero attached hydrogens (tertiary/aromatic N) is 2. The lowest BCUT2D eigenvalue weighted by Gasteiger charge is -2.14. The van der Waals surface area contributed by atoms with Crippen LogP contribution < -0.4 is 11.4 Å². The van der Waals surface area contributed by atoms with E-state index in [1.165, 1.54) is 17.8 Å². The Balaban J connectivity index is 2.44. The third-order valence-electron chi connectivity index (χ3n) is 3.15. The van der Waals surface area contributed by atoms with Crippen molar-refractivity contribution in [3.63, 3.8) is 0 Å². The standard InChI is InChI=1S/C14H19FN4OS/c1-4-5-19-13(20)17-18-14(19)21-12-6-8(2)11(15)7-10(12)9(3)16/h6-7,9H,4-5,16H2,1-3H3,(H,17,20)/t9-/m0/s1. The Bertz CT molecular complexity index is 693. The van der Waals surface area contributed by atoms with E-state index in [1.807, 2.05) is 6.92 Å². The highest BCUT2D eigenvalue weighted by atomic mass is 32.2. The third kappa shape index (κ3) is 3.36. The third-order valence-corrected chi connectivity index (χ3v) is 4.22. The minimum atomic E-state index is -0.298. The van der Waals surface area contributed by atoms with E-state index < -0.39 is 0 Å². The van der Waals surface area contributed by atoms with Crippen molar-refractivity contribution >= 4 is 11.8 Å². The fourth-order valence-electron chi connectivity index (χ4n) is 2.01. The van der Waals surface area contributed by atoms with Gasteiger partial charge in [0.05, 0.1) is 0 Å². The second-order valence-corrected chi connectivity index (χ2v) is 6.00. The summed E-state index contributed by atoms with van der Waals surface area (Å²) in [6.07, 6.45) is 0.829. The number of H-pyrrole nitrogens is 1. The smallest absolute Gasteiger partial charge is 0.324 e. The number of nitrogens with two attached hydrogens (primary N) is 1. The van der Waals surface area contributed by atoms with Crippen LogP contribution in [0.25, 0.3) is 0 Å². The van der Waals surface area contributed by atoms with E-state index in [-0.39, 0.29) is 17.5 Å². The Morgan fingerprint density at radius 3 is 2.86 bits per heavy atom. The Kier molecular flexibility index (Phi) is 4.84. The molecule has 114 valence electrons. The minimum Gasteiger partial charge on any atom is -0.324 e. The van der Waals surface area contributed by atoms with E-state index in [0.717, 1.165) is 11.3 Å². The molecule has 0 aliphatic rings. The van der Waals surface area contributed by atoms with Gasteiger partial charge in [0.2, 0.25) is 0 Å². The molecule has 0 fully saturated rings. The zero-order valence-corrected chi connectivity index (χ0v) is 13.1. The summed E-state index contributed by atoms with van der Waals surface area (Å²) >= 11 is 1.33. The van der Waals surface area contributed by atoms with E-state index >= 15 is 0 Å². The fraction of sp³-hybridized carbons (Fsp3) is 0.429. The average molecular weight is 310 g/mol. The lowest BCUT2D eigenvalue weighted by molar-refractivity contribution is 0.602. The van der Waals surface area contributed by atoms with Gasteiger partial charge in [-0.3, -0.25) is 4.57 Å². The molecule has 0 bridgehead atoms. The molecule has 0 aliphatic heterocycles. The fourth-order valence-corrected chi connectivity index (χ4v) is 3.19. The summed E-state index contributed by atoms with van der Waals surface area (Å²) in [5.41, 5.74) is 6.93. The number of aromatic nitrogens is 3. The maximum atomic E-state index is 13.7. The lowest BCUT2D eigenvalue weighted by atomic mass is 10.1. The van der Waals surface area contributed by atoms with Gasteiger partial charge in [0.25, 0.3) is 0 Å². The van der Waals surface area contributed by atoms with Gasteiger partial charge in [-0.1, -0.05) is 6.92 Å². The van der Waals surface area contributed by atoms with Crippen LogP contribution in [0.2, 0.25) is 0 Å². The van der Waals surface area contributed by atoms with Crippen LogP contribution in [0.5, 0.6) is 0 Å². The molecule has 0 aliphatic carbocycles. The van der Waals surface area contributed by atoms with Crippen LogP contribution in [0, 0.1) is 12.7 Å². The summed E-state index contributed by atoms with van der Waals surface area (Å²) in [5.74, 6) is -0.278. The van der Waals surface area contributed by atoms with Gasteiger partial charge in [0.15, 0.2) is 5.16 Å². The summed E-state index contributed by atoms with van der Waals surface area (Å²) in [5, 5.41) is 7.05. The van der Waals surface area contributed by atoms with E-state index in [1.54, 1.807) is 24.5 Å². The van der Waals surface area contributed by atoms with Crippen molar-refractivity contribution < 1.29 is 4.39 Å². The molecule has 0 saturated heterocycles. The number of aromatic amines is 1. The van der Waals surface area contributed by atoms with E-state index in [2.05, 4.69) is 10.2 Å². The second-order valence-electron chi connectivity index (χ2n) is 4.99. The zero-order chi connectivity index (χ0) is 15.6. The van der Waals surface area contributed by atoms with Crippen molar-refractivity contribution in [2.75, 3.05) is 0 Å². The molecule has 0 radical (unpaired) electrons. The highest BCUT2D eigenvalue weighted by molar-refractivity contribution is 7.99. The Morgan fingerprint density at radius 2 is 2.24 bits per heavy atom. The SMILES string of the molecule is CCCn1c(Sc2cc(C)c(F)cc2[C@H](C)N)n[nH]c1=O. The number of hydrogen-bond donors (Lipinski definition) is 2. The van der Waals surface area contributed by atoms with Gasteiger partial charge in [-0.15, -0.1) is 5.10 Å². The molecule has 1 aromatic carbocycles. The van der Waals surface area contributed by atoms with Gasteiger partial charge in [-0.05, 0) is 55.3 Å². The molecule has 1 aromatic heterocycles. The highest BCUT2D eigenvalue weighted by Crippen LogP contribution is 2.33. The summed E-state index contributed by atoms with van der Waals surface area (Å²) in [6, 6.07) is 2.90. The number of halogens is 1. The van der Waals surface area contributed by atoms with Gasteiger partial charge >= 0.3 is 5.69 Å². The van der Waals surface area contributed by atoms with Crippen LogP contribution in [0.4, 0.5) is 4.39 Å². The molecule has 0 unspecified atom stereocenters. The number of rotatable bonds is 5. The Hall–Kier alpha value is -1.60. The minimum absolute atomic E-state index is 0.236. The molecular formula is C14H19FN4OS. The van der Waals surface area contributed by atoms with E-state index in [4.69, 9.17) is 5.73 Å². The Labute approximate surface area is 126 Å². The first-order chi connectivity index (χ1) is 9.93. The molecule has 0 saturated carbocycles. The molecule has 1 atom stereocenters. The molecular weight excluding hydrogens is 291 g/mol. The van der Waals surface area contributed by atoms with Crippen LogP contribution in [-0.2, 0) is 6.54 Å². The van der Waals surface area contributed by atoms with Crippen molar-refractivity contribution in [1.82, 2.24) is 14.8 Å². The maximum absolute atomic E-state index is 13.7. The van der Waals surface area contributed by atoms with Crippen LogP contribution in [0.3, 0.4) is 0 Å². The molecule has 3 N–H and O–H groups in total. The van der Waals surface area contributed by atoms with Crippen LogP contribution in [-0.4, -0.2) is 14.8 Å². The largest absolute Gasteiger partial charge is 0.343 e. The molecule has 2 aromatic rings. The molecule has 0 amide bonds. The first-order valence-corrected chi connectivity index (χ1v) is 7.64. The first-order valence-electron chi connectivity index (χ1n) is 6.82. The van der Waals surface area contributed by atoms with Gasteiger partial charge in [0.1, 0.15) is 5.82 Å². The van der Waals surface area contributed by atoms with Gasteiger partial charge < -0.3 is 5.73 Å². The molecule has 1 heterocycles. The van der Waals surface area contributed by atoms with Crippen molar-refractivity contribution in [1.29, 1.82) is 0 Å². The normalized spacial score (nSPS) is 12.6. The average Bonchev–Trinajstić information content (AvgIpc) is 2.75. The monoisotopic (exact) mass is 310 g/mol. The predicted octanol–water partition coefficient (Wildman–Crippen LogP) is 2.60. The maximum Gasteiger partial charge on any atom is 0.343 e. The van der Waals surface area contributed by atoms with Crippen molar-refractivity contribution in [3.05, 3.63) is 39.6 Å². The molecule has 5 nitrogen and oxygen atoms in total. The van der Waals surface area contributed by atoms with Crippen LogP contribution >= 0.6 is 11.8 Å². The zero-order valence-electron chi connectivity index (χ0n) is 12.3. The predicted molar refractivity (Wildman–Crippen MR) is 81.0 cm³/mol. The van der Waals surface area contributed by atoms with Gasteiger partial charge in [0, 0.05) is 17.5 Å². The quantitative estimate of drug-likeness (QED) is 0.890. The van der Waals surface area contributed by atoms with E-state index in [0.29, 0.717) is 22.8 Å². The number of nitrogens with one attached hydrogen (secondary N) is 1. The van der Waals surface area contributed by atoms with Crippen molar-refractivity contribution in [2.24, 2.45) is 5.73 Å². The number of hydrogen-bond acceptors (Lipinski definition) is 4. The highest BCUT2D eigenvalue weighted by Gasteiger charge is 2.16. The lowest BCUT2D eigenvalue weighted by Crippen LogP contribution is -2.17. The summed E-state index contributed by atoms with van der Waals surface area (Å²) in [6.45, 7) is 6.08. The van der Waals surface area contributed by atoms with Crippen molar-refractivity contribution in [3.8, 4) is 0 Å². The molecule has 0 spiro atoms. The molecule has 2 rings (SSSR count). The number of aryl methyl sites for hydroxylation is 1. The topological polar surface area (TPSA) is 76.7 Å². The van der Waals surface area contributed by atoms with Gasteiger partial charge in [-0.2, -0.15) is 0 Å². The van der Waals surface area contributed by atoms with E-state index in [9.17, 15) is 9.18 Å².